The first-order chi connectivity index (χ1) is 13.5. The predicted octanol–water partition coefficient (Wildman–Crippen LogP) is 3.19. The van der Waals surface area contributed by atoms with E-state index in [1.807, 2.05) is 31.2 Å². The lowest BCUT2D eigenvalue weighted by Gasteiger charge is -2.39. The highest BCUT2D eigenvalue weighted by atomic mass is 35.5. The molecule has 142 valence electrons. The molecule has 6 nitrogen and oxygen atoms in total. The van der Waals surface area contributed by atoms with Crippen molar-refractivity contribution in [3.63, 3.8) is 0 Å². The van der Waals surface area contributed by atoms with Gasteiger partial charge in [-0.25, -0.2) is 0 Å². The van der Waals surface area contributed by atoms with Gasteiger partial charge < -0.3 is 15.0 Å². The molecule has 0 bridgehead atoms. The lowest BCUT2D eigenvalue weighted by Crippen LogP contribution is -2.50. The van der Waals surface area contributed by atoms with Gasteiger partial charge >= 0.3 is 0 Å². The number of carbonyl (C=O) groups excluding carboxylic acids is 1. The van der Waals surface area contributed by atoms with E-state index in [0.717, 1.165) is 11.1 Å². The highest BCUT2D eigenvalue weighted by Crippen LogP contribution is 2.41. The lowest BCUT2D eigenvalue weighted by atomic mass is 9.81. The summed E-state index contributed by atoms with van der Waals surface area (Å²) in [5, 5.41) is 3.74. The van der Waals surface area contributed by atoms with Crippen molar-refractivity contribution in [2.24, 2.45) is 0 Å². The zero-order valence-electron chi connectivity index (χ0n) is 15.2. The average molecular weight is 396 g/mol. The van der Waals surface area contributed by atoms with E-state index in [9.17, 15) is 9.59 Å². The van der Waals surface area contributed by atoms with E-state index in [2.05, 4.69) is 15.3 Å². The molecule has 1 aliphatic rings. The quantitative estimate of drug-likeness (QED) is 0.713. The molecule has 1 aromatic carbocycles. The summed E-state index contributed by atoms with van der Waals surface area (Å²) in [5.41, 5.74) is 1.57. The number of H-pyrrole nitrogens is 1. The fraction of sp³-hybridized carbons (Fsp3) is 0.190. The Bertz CT molecular complexity index is 1090. The second-order valence-electron chi connectivity index (χ2n) is 6.71. The molecule has 0 spiro atoms. The van der Waals surface area contributed by atoms with Gasteiger partial charge in [0.05, 0.1) is 12.2 Å². The Labute approximate surface area is 166 Å². The third kappa shape index (κ3) is 3.16. The van der Waals surface area contributed by atoms with Gasteiger partial charge in [0.15, 0.2) is 0 Å². The van der Waals surface area contributed by atoms with Crippen LogP contribution in [0.2, 0.25) is 5.02 Å². The Kier molecular flexibility index (Phi) is 4.65. The number of fused-ring (bicyclic) bond motifs is 1. The molecule has 28 heavy (non-hydrogen) atoms. The molecule has 0 aliphatic carbocycles. The van der Waals surface area contributed by atoms with Gasteiger partial charge in [0.1, 0.15) is 17.0 Å². The number of carbonyl (C=O) groups is 1. The molecule has 2 N–H and O–H groups in total. The zero-order chi connectivity index (χ0) is 19.7. The Morgan fingerprint density at radius 1 is 1.29 bits per heavy atom. The molecule has 1 atom stereocenters. The number of aromatic amines is 1. The smallest absolute Gasteiger partial charge is 0.253 e. The van der Waals surface area contributed by atoms with Crippen LogP contribution in [0, 0.1) is 6.92 Å². The summed E-state index contributed by atoms with van der Waals surface area (Å²) < 4.78 is 5.76. The molecule has 1 amide bonds. The molecule has 2 aromatic heterocycles. The molecule has 0 saturated heterocycles. The fourth-order valence-electron chi connectivity index (χ4n) is 3.41. The number of halogens is 1. The highest BCUT2D eigenvalue weighted by Gasteiger charge is 2.42. The summed E-state index contributed by atoms with van der Waals surface area (Å²) in [7, 11) is 0. The maximum absolute atomic E-state index is 13.0. The van der Waals surface area contributed by atoms with E-state index in [-0.39, 0.29) is 11.5 Å². The summed E-state index contributed by atoms with van der Waals surface area (Å²) >= 11 is 6.39. The molecule has 4 rings (SSSR count). The van der Waals surface area contributed by atoms with E-state index in [1.165, 1.54) is 18.3 Å². The van der Waals surface area contributed by atoms with Crippen LogP contribution in [0.5, 0.6) is 5.75 Å². The minimum Gasteiger partial charge on any atom is -0.491 e. The Hall–Kier alpha value is -3.12. The summed E-state index contributed by atoms with van der Waals surface area (Å²) in [4.78, 5) is 31.4. The zero-order valence-corrected chi connectivity index (χ0v) is 15.9. The van der Waals surface area contributed by atoms with Gasteiger partial charge in [0.25, 0.3) is 5.91 Å². The monoisotopic (exact) mass is 395 g/mol. The van der Waals surface area contributed by atoms with Gasteiger partial charge in [0.2, 0.25) is 5.56 Å². The standard InChI is InChI=1S/C21H18ClN3O3/c1-13-4-6-15(11-16(13)22)21(8-10-28-17-3-2-9-23-19(17)21)25-20(27)14-5-7-18(26)24-12-14/h2-7,9,11-12H,8,10H2,1H3,(H,24,26)(H,25,27)/t21-/m0/s1. The second-order valence-corrected chi connectivity index (χ2v) is 7.12. The van der Waals surface area contributed by atoms with Crippen LogP contribution in [0.4, 0.5) is 0 Å². The van der Waals surface area contributed by atoms with Crippen LogP contribution >= 0.6 is 11.6 Å². The third-order valence-corrected chi connectivity index (χ3v) is 5.35. The van der Waals surface area contributed by atoms with Crippen molar-refractivity contribution in [2.45, 2.75) is 18.9 Å². The third-order valence-electron chi connectivity index (χ3n) is 4.95. The van der Waals surface area contributed by atoms with E-state index >= 15 is 0 Å². The highest BCUT2D eigenvalue weighted by molar-refractivity contribution is 6.31. The van der Waals surface area contributed by atoms with Gasteiger partial charge in [-0.3, -0.25) is 14.6 Å². The van der Waals surface area contributed by atoms with Crippen LogP contribution in [0.3, 0.4) is 0 Å². The summed E-state index contributed by atoms with van der Waals surface area (Å²) in [6, 6.07) is 12.2. The van der Waals surface area contributed by atoms with Crippen LogP contribution in [0.25, 0.3) is 0 Å². The van der Waals surface area contributed by atoms with Crippen molar-refractivity contribution in [3.8, 4) is 5.75 Å². The number of nitrogens with zero attached hydrogens (tertiary/aromatic N) is 1. The van der Waals surface area contributed by atoms with Crippen molar-refractivity contribution in [1.29, 1.82) is 0 Å². The molecule has 0 unspecified atom stereocenters. The summed E-state index contributed by atoms with van der Waals surface area (Å²) in [5.74, 6) is 0.290. The first-order valence-corrected chi connectivity index (χ1v) is 9.23. The molecular weight excluding hydrogens is 378 g/mol. The van der Waals surface area contributed by atoms with Crippen molar-refractivity contribution < 1.29 is 9.53 Å². The molecular formula is C21H18ClN3O3. The number of aromatic nitrogens is 2. The predicted molar refractivity (Wildman–Crippen MR) is 106 cm³/mol. The summed E-state index contributed by atoms with van der Waals surface area (Å²) in [6.45, 7) is 2.34. The normalized spacial score (nSPS) is 18.1. The maximum atomic E-state index is 13.0. The Balaban J connectivity index is 1.85. The molecule has 3 aromatic rings. The van der Waals surface area contributed by atoms with Crippen molar-refractivity contribution >= 4 is 17.5 Å². The minimum atomic E-state index is -0.903. The second kappa shape index (κ2) is 7.13. The number of pyridine rings is 2. The lowest BCUT2D eigenvalue weighted by molar-refractivity contribution is 0.0883. The van der Waals surface area contributed by atoms with E-state index < -0.39 is 5.54 Å². The fourth-order valence-corrected chi connectivity index (χ4v) is 3.59. The largest absolute Gasteiger partial charge is 0.491 e. The number of hydrogen-bond donors (Lipinski definition) is 2. The SMILES string of the molecule is Cc1ccc([C@@]2(NC(=O)c3ccc(=O)[nH]c3)CCOc3cccnc32)cc1Cl. The number of aryl methyl sites for hydroxylation is 1. The van der Waals surface area contributed by atoms with Gasteiger partial charge in [-0.15, -0.1) is 0 Å². The molecule has 0 radical (unpaired) electrons. The first kappa shape index (κ1) is 18.3. The minimum absolute atomic E-state index is 0.269. The van der Waals surface area contributed by atoms with Crippen LogP contribution in [0.1, 0.15) is 33.6 Å². The van der Waals surface area contributed by atoms with Crippen LogP contribution in [-0.2, 0) is 5.54 Å². The summed E-state index contributed by atoms with van der Waals surface area (Å²) in [6.07, 6.45) is 3.56. The number of hydrogen-bond acceptors (Lipinski definition) is 4. The van der Waals surface area contributed by atoms with Gasteiger partial charge in [0, 0.05) is 29.9 Å². The van der Waals surface area contributed by atoms with Crippen LogP contribution in [0.15, 0.2) is 59.7 Å². The van der Waals surface area contributed by atoms with E-state index in [4.69, 9.17) is 16.3 Å². The molecule has 7 heteroatoms. The van der Waals surface area contributed by atoms with Crippen LogP contribution in [-0.4, -0.2) is 22.5 Å². The molecule has 0 saturated carbocycles. The Morgan fingerprint density at radius 2 is 2.14 bits per heavy atom. The van der Waals surface area contributed by atoms with Crippen LogP contribution < -0.4 is 15.6 Å². The average Bonchev–Trinajstić information content (AvgIpc) is 2.70. The number of nitrogens with one attached hydrogen (secondary N) is 2. The van der Waals surface area contributed by atoms with E-state index in [1.54, 1.807) is 12.3 Å². The Morgan fingerprint density at radius 3 is 2.89 bits per heavy atom. The van der Waals surface area contributed by atoms with Crippen molar-refractivity contribution in [3.05, 3.63) is 92.6 Å². The number of rotatable bonds is 3. The maximum Gasteiger partial charge on any atom is 0.253 e. The molecule has 0 fully saturated rings. The number of amides is 1. The van der Waals surface area contributed by atoms with Gasteiger partial charge in [-0.05, 0) is 42.3 Å². The van der Waals surface area contributed by atoms with Gasteiger partial charge in [-0.2, -0.15) is 0 Å². The van der Waals surface area contributed by atoms with Gasteiger partial charge in [-0.1, -0.05) is 23.7 Å². The van der Waals surface area contributed by atoms with E-state index in [0.29, 0.717) is 35.1 Å². The van der Waals surface area contributed by atoms with Crippen molar-refractivity contribution in [2.75, 3.05) is 6.61 Å². The first-order valence-electron chi connectivity index (χ1n) is 8.86. The number of ether oxygens (including phenoxy) is 1. The van der Waals surface area contributed by atoms with Crippen molar-refractivity contribution in [1.82, 2.24) is 15.3 Å². The topological polar surface area (TPSA) is 84.1 Å². The number of benzene rings is 1. The molecule has 3 heterocycles. The molecule has 1 aliphatic heterocycles.